The molecule has 0 saturated heterocycles. The lowest BCUT2D eigenvalue weighted by Gasteiger charge is -2.18. The number of amides is 1. The molecule has 0 radical (unpaired) electrons. The normalized spacial score (nSPS) is 20.8. The Balaban J connectivity index is 1.67. The van der Waals surface area contributed by atoms with Gasteiger partial charge in [0.1, 0.15) is 11.6 Å². The van der Waals surface area contributed by atoms with Crippen molar-refractivity contribution in [2.45, 2.75) is 31.7 Å². The van der Waals surface area contributed by atoms with E-state index in [1.54, 1.807) is 18.2 Å². The predicted octanol–water partition coefficient (Wildman–Crippen LogP) is 3.90. The maximum atomic E-state index is 13.3. The first-order chi connectivity index (χ1) is 11.1. The van der Waals surface area contributed by atoms with Crippen LogP contribution in [-0.4, -0.2) is 11.0 Å². The van der Waals surface area contributed by atoms with Crippen molar-refractivity contribution in [2.24, 2.45) is 5.92 Å². The number of hydrogen-bond acceptors (Lipinski definition) is 2. The van der Waals surface area contributed by atoms with Crippen LogP contribution in [0.4, 0.5) is 4.39 Å². The largest absolute Gasteiger partial charge is 0.508 e. The van der Waals surface area contributed by atoms with Gasteiger partial charge in [-0.25, -0.2) is 4.39 Å². The van der Waals surface area contributed by atoms with Gasteiger partial charge in [-0.2, -0.15) is 0 Å². The Morgan fingerprint density at radius 2 is 2.09 bits per heavy atom. The molecule has 1 aliphatic carbocycles. The minimum atomic E-state index is -0.269. The van der Waals surface area contributed by atoms with E-state index in [0.717, 1.165) is 17.5 Å². The number of phenolic OH excluding ortho intramolecular Hbond substituents is 1. The van der Waals surface area contributed by atoms with Crippen LogP contribution in [0.5, 0.6) is 5.75 Å². The molecule has 1 saturated carbocycles. The summed E-state index contributed by atoms with van der Waals surface area (Å²) >= 11 is 0. The number of halogens is 1. The molecule has 120 valence electrons. The second-order valence-electron chi connectivity index (χ2n) is 6.03. The molecule has 1 aliphatic rings. The smallest absolute Gasteiger partial charge is 0.224 e. The Morgan fingerprint density at radius 3 is 2.78 bits per heavy atom. The van der Waals surface area contributed by atoms with E-state index in [1.165, 1.54) is 12.1 Å². The first kappa shape index (κ1) is 15.5. The van der Waals surface area contributed by atoms with Gasteiger partial charge in [0.25, 0.3) is 0 Å². The Hall–Kier alpha value is -2.36. The first-order valence-corrected chi connectivity index (χ1v) is 7.94. The quantitative estimate of drug-likeness (QED) is 0.879. The number of rotatable bonds is 5. The monoisotopic (exact) mass is 313 g/mol. The number of hydrogen-bond donors (Lipinski definition) is 2. The Labute approximate surface area is 135 Å². The number of phenols is 1. The van der Waals surface area contributed by atoms with Gasteiger partial charge >= 0.3 is 0 Å². The molecule has 2 aromatic rings. The number of carbonyl (C=O) groups is 1. The fourth-order valence-electron chi connectivity index (χ4n) is 3.05. The molecule has 0 spiro atoms. The fraction of sp³-hybridized carbons (Fsp3) is 0.316. The molecular weight excluding hydrogens is 293 g/mol. The maximum Gasteiger partial charge on any atom is 0.224 e. The summed E-state index contributed by atoms with van der Waals surface area (Å²) in [5.74, 6) is -0.134. The average molecular weight is 313 g/mol. The third kappa shape index (κ3) is 3.36. The van der Waals surface area contributed by atoms with E-state index in [-0.39, 0.29) is 35.4 Å². The van der Waals surface area contributed by atoms with E-state index in [0.29, 0.717) is 6.42 Å². The Kier molecular flexibility index (Phi) is 4.33. The minimum absolute atomic E-state index is 0.0330. The minimum Gasteiger partial charge on any atom is -0.508 e. The lowest BCUT2D eigenvalue weighted by molar-refractivity contribution is -0.123. The summed E-state index contributed by atoms with van der Waals surface area (Å²) in [4.78, 5) is 12.4. The summed E-state index contributed by atoms with van der Waals surface area (Å²) in [7, 11) is 0. The van der Waals surface area contributed by atoms with E-state index in [1.807, 2.05) is 25.1 Å². The van der Waals surface area contributed by atoms with Crippen molar-refractivity contribution in [2.75, 3.05) is 0 Å². The van der Waals surface area contributed by atoms with E-state index < -0.39 is 0 Å². The highest BCUT2D eigenvalue weighted by molar-refractivity contribution is 5.83. The van der Waals surface area contributed by atoms with Crippen molar-refractivity contribution in [3.63, 3.8) is 0 Å². The molecular formula is C19H20FNO2. The van der Waals surface area contributed by atoms with Crippen LogP contribution in [-0.2, 0) is 4.79 Å². The zero-order valence-corrected chi connectivity index (χ0v) is 13.0. The summed E-state index contributed by atoms with van der Waals surface area (Å²) in [6, 6.07) is 13.3. The van der Waals surface area contributed by atoms with Gasteiger partial charge in [-0.1, -0.05) is 37.3 Å². The molecule has 0 aromatic heterocycles. The van der Waals surface area contributed by atoms with Gasteiger partial charge in [-0.3, -0.25) is 4.79 Å². The van der Waals surface area contributed by atoms with Gasteiger partial charge < -0.3 is 10.4 Å². The van der Waals surface area contributed by atoms with Crippen LogP contribution in [0.15, 0.2) is 48.5 Å². The van der Waals surface area contributed by atoms with Crippen molar-refractivity contribution in [3.8, 4) is 5.75 Å². The van der Waals surface area contributed by atoms with Crippen molar-refractivity contribution >= 4 is 5.91 Å². The zero-order valence-electron chi connectivity index (χ0n) is 13.0. The number of para-hydroxylation sites is 1. The highest BCUT2D eigenvalue weighted by Gasteiger charge is 2.44. The molecule has 0 heterocycles. The van der Waals surface area contributed by atoms with Crippen LogP contribution >= 0.6 is 0 Å². The Bertz CT molecular complexity index is 716. The molecule has 2 N–H and O–H groups in total. The molecule has 0 unspecified atom stereocenters. The molecule has 1 fully saturated rings. The topological polar surface area (TPSA) is 49.3 Å². The summed E-state index contributed by atoms with van der Waals surface area (Å²) in [5.41, 5.74) is 1.60. The zero-order chi connectivity index (χ0) is 16.4. The number of aromatic hydroxyl groups is 1. The molecule has 0 bridgehead atoms. The van der Waals surface area contributed by atoms with Crippen molar-refractivity contribution < 1.29 is 14.3 Å². The fourth-order valence-corrected chi connectivity index (χ4v) is 3.05. The van der Waals surface area contributed by atoms with Gasteiger partial charge in [0.15, 0.2) is 0 Å². The molecule has 3 atom stereocenters. The van der Waals surface area contributed by atoms with Crippen LogP contribution in [0, 0.1) is 11.7 Å². The van der Waals surface area contributed by atoms with Crippen LogP contribution in [0.2, 0.25) is 0 Å². The lowest BCUT2D eigenvalue weighted by Crippen LogP contribution is -2.29. The number of nitrogens with one attached hydrogen (secondary N) is 1. The molecule has 3 nitrogen and oxygen atoms in total. The molecule has 1 amide bonds. The SMILES string of the molecule is CC[C@H](NC(=O)[C@@H]1C[C@H]1c1cccc(F)c1)c1ccccc1O. The van der Waals surface area contributed by atoms with Gasteiger partial charge in [0.05, 0.1) is 6.04 Å². The second-order valence-corrected chi connectivity index (χ2v) is 6.03. The van der Waals surface area contributed by atoms with E-state index in [9.17, 15) is 14.3 Å². The van der Waals surface area contributed by atoms with Gasteiger partial charge in [-0.15, -0.1) is 0 Å². The molecule has 23 heavy (non-hydrogen) atoms. The highest BCUT2D eigenvalue weighted by atomic mass is 19.1. The highest BCUT2D eigenvalue weighted by Crippen LogP contribution is 2.48. The molecule has 4 heteroatoms. The maximum absolute atomic E-state index is 13.3. The second kappa shape index (κ2) is 6.41. The van der Waals surface area contributed by atoms with E-state index >= 15 is 0 Å². The summed E-state index contributed by atoms with van der Waals surface area (Å²) in [6.45, 7) is 1.97. The van der Waals surface area contributed by atoms with E-state index in [4.69, 9.17) is 0 Å². The summed E-state index contributed by atoms with van der Waals surface area (Å²) < 4.78 is 13.3. The van der Waals surface area contributed by atoms with Crippen molar-refractivity contribution in [3.05, 3.63) is 65.5 Å². The molecule has 2 aromatic carbocycles. The summed E-state index contributed by atoms with van der Waals surface area (Å²) in [6.07, 6.45) is 1.44. The molecule has 0 aliphatic heterocycles. The van der Waals surface area contributed by atoms with Crippen LogP contribution < -0.4 is 5.32 Å². The first-order valence-electron chi connectivity index (χ1n) is 7.94. The van der Waals surface area contributed by atoms with Crippen LogP contribution in [0.25, 0.3) is 0 Å². The molecule has 3 rings (SSSR count). The number of carbonyl (C=O) groups excluding carboxylic acids is 1. The van der Waals surface area contributed by atoms with Gasteiger partial charge in [-0.05, 0) is 42.5 Å². The average Bonchev–Trinajstić information content (AvgIpc) is 3.34. The van der Waals surface area contributed by atoms with Crippen molar-refractivity contribution in [1.82, 2.24) is 5.32 Å². The van der Waals surface area contributed by atoms with Gasteiger partial charge in [0, 0.05) is 11.5 Å². The van der Waals surface area contributed by atoms with Gasteiger partial charge in [0.2, 0.25) is 5.91 Å². The van der Waals surface area contributed by atoms with E-state index in [2.05, 4.69) is 5.32 Å². The Morgan fingerprint density at radius 1 is 1.30 bits per heavy atom. The third-order valence-electron chi connectivity index (χ3n) is 4.44. The summed E-state index contributed by atoms with van der Waals surface area (Å²) in [5, 5.41) is 13.0. The van der Waals surface area contributed by atoms with Crippen LogP contribution in [0.1, 0.15) is 42.9 Å². The van der Waals surface area contributed by atoms with Crippen molar-refractivity contribution in [1.29, 1.82) is 0 Å². The van der Waals surface area contributed by atoms with Crippen LogP contribution in [0.3, 0.4) is 0 Å². The third-order valence-corrected chi connectivity index (χ3v) is 4.44. The standard InChI is InChI=1S/C19H20FNO2/c1-2-17(14-8-3-4-9-18(14)22)21-19(23)16-11-15(16)12-6-5-7-13(20)10-12/h3-10,15-17,22H,2,11H2,1H3,(H,21,23)/t15-,16+,17-/m0/s1. The predicted molar refractivity (Wildman–Crippen MR) is 86.5 cm³/mol. The number of benzene rings is 2. The lowest BCUT2D eigenvalue weighted by atomic mass is 10.0.